The number of rotatable bonds is 5. The number of nitrogens with zero attached hydrogens (tertiary/aromatic N) is 3. The zero-order chi connectivity index (χ0) is 26.2. The second-order valence-electron chi connectivity index (χ2n) is 10.9. The number of benzene rings is 2. The van der Waals surface area contributed by atoms with Crippen molar-refractivity contribution >= 4 is 16.9 Å². The number of carboxylic acids is 1. The quantitative estimate of drug-likeness (QED) is 0.493. The molecule has 2 aliphatic heterocycles. The summed E-state index contributed by atoms with van der Waals surface area (Å²) in [5, 5.41) is 10.6. The van der Waals surface area contributed by atoms with E-state index in [1.807, 2.05) is 12.1 Å². The number of ether oxygens (including phenoxy) is 1. The van der Waals surface area contributed by atoms with Crippen LogP contribution in [0.15, 0.2) is 36.4 Å². The summed E-state index contributed by atoms with van der Waals surface area (Å²) in [5.74, 6) is -1.60. The van der Waals surface area contributed by atoms with Crippen molar-refractivity contribution in [2.75, 3.05) is 45.9 Å². The van der Waals surface area contributed by atoms with Crippen LogP contribution in [0.2, 0.25) is 0 Å². The van der Waals surface area contributed by atoms with Gasteiger partial charge < -0.3 is 14.4 Å². The first-order chi connectivity index (χ1) is 18.5. The van der Waals surface area contributed by atoms with Gasteiger partial charge >= 0.3 is 5.97 Å². The number of alkyl halides is 1. The third-order valence-electron chi connectivity index (χ3n) is 8.60. The molecule has 1 aliphatic carbocycles. The molecule has 0 spiro atoms. The number of halogens is 2. The van der Waals surface area contributed by atoms with Crippen LogP contribution >= 0.6 is 0 Å². The highest BCUT2D eigenvalue weighted by atomic mass is 19.1. The van der Waals surface area contributed by atoms with Gasteiger partial charge in [-0.1, -0.05) is 25.0 Å². The van der Waals surface area contributed by atoms with Crippen molar-refractivity contribution in [1.82, 2.24) is 14.4 Å². The van der Waals surface area contributed by atoms with Crippen LogP contribution in [0.1, 0.15) is 53.1 Å². The maximum atomic E-state index is 15.5. The number of aromatic nitrogens is 1. The van der Waals surface area contributed by atoms with Crippen molar-refractivity contribution < 1.29 is 23.4 Å². The molecule has 0 radical (unpaired) electrons. The van der Waals surface area contributed by atoms with E-state index in [4.69, 9.17) is 4.74 Å². The van der Waals surface area contributed by atoms with Crippen LogP contribution in [0.5, 0.6) is 0 Å². The zero-order valence-electron chi connectivity index (χ0n) is 21.7. The Balaban J connectivity index is 1.48. The van der Waals surface area contributed by atoms with Gasteiger partial charge in [-0.15, -0.1) is 0 Å². The molecule has 0 amide bonds. The van der Waals surface area contributed by atoms with Gasteiger partial charge in [-0.3, -0.25) is 9.80 Å². The Kier molecular flexibility index (Phi) is 7.20. The molecule has 3 aromatic rings. The van der Waals surface area contributed by atoms with E-state index in [-0.39, 0.29) is 17.3 Å². The highest BCUT2D eigenvalue weighted by molar-refractivity contribution is 5.98. The van der Waals surface area contributed by atoms with E-state index in [1.54, 1.807) is 18.2 Å². The van der Waals surface area contributed by atoms with E-state index in [1.165, 1.54) is 6.07 Å². The molecule has 2 fully saturated rings. The number of carboxylic acid groups (broad SMARTS) is 1. The number of morpholine rings is 1. The number of aromatic carboxylic acids is 1. The lowest BCUT2D eigenvalue weighted by Crippen LogP contribution is -2.42. The lowest BCUT2D eigenvalue weighted by Gasteiger charge is -2.33. The van der Waals surface area contributed by atoms with E-state index < -0.39 is 12.1 Å². The minimum absolute atomic E-state index is 0.204. The summed E-state index contributed by atoms with van der Waals surface area (Å²) in [6.07, 6.45) is 2.12. The van der Waals surface area contributed by atoms with Crippen molar-refractivity contribution in [3.63, 3.8) is 0 Å². The molecule has 3 heterocycles. The molecular weight excluding hydrogens is 488 g/mol. The van der Waals surface area contributed by atoms with Gasteiger partial charge in [-0.05, 0) is 48.2 Å². The number of hydrogen-bond donors (Lipinski definition) is 1. The molecule has 1 saturated heterocycles. The van der Waals surface area contributed by atoms with Gasteiger partial charge in [0.1, 0.15) is 12.0 Å². The first kappa shape index (κ1) is 25.5. The number of hydrogen-bond acceptors (Lipinski definition) is 4. The molecular formula is C30H35F2N3O3. The molecule has 0 unspecified atom stereocenters. The minimum Gasteiger partial charge on any atom is -0.478 e. The molecule has 1 saturated carbocycles. The number of carbonyl (C=O) groups is 1. The predicted octanol–water partition coefficient (Wildman–Crippen LogP) is 5.29. The summed E-state index contributed by atoms with van der Waals surface area (Å²) in [4.78, 5) is 16.7. The Morgan fingerprint density at radius 1 is 0.974 bits per heavy atom. The Labute approximate surface area is 221 Å². The first-order valence-electron chi connectivity index (χ1n) is 13.8. The molecule has 202 valence electrons. The van der Waals surface area contributed by atoms with E-state index in [0.717, 1.165) is 98.5 Å². The van der Waals surface area contributed by atoms with Crippen LogP contribution in [0.3, 0.4) is 0 Å². The lowest BCUT2D eigenvalue weighted by molar-refractivity contribution is 0.0327. The molecule has 2 aromatic carbocycles. The Bertz CT molecular complexity index is 1330. The standard InChI is InChI=1S/C30H35F2N3O3/c31-22-7-5-21-19-34(10-9-33-13-15-38-16-14-33)11-12-35-27-17-20(30(36)37)6-8-24(27)28(29(35)25(21)18-22)23-3-1-2-4-26(23)32/h5-8,17-18,23,26H,1-4,9-16,19H2,(H,36,37)/t23-,26-/m0/s1. The summed E-state index contributed by atoms with van der Waals surface area (Å²) >= 11 is 0. The normalized spacial score (nSPS) is 23.0. The molecule has 38 heavy (non-hydrogen) atoms. The lowest BCUT2D eigenvalue weighted by atomic mass is 9.80. The Morgan fingerprint density at radius 3 is 2.55 bits per heavy atom. The van der Waals surface area contributed by atoms with Gasteiger partial charge in [-0.2, -0.15) is 0 Å². The highest BCUT2D eigenvalue weighted by Gasteiger charge is 2.34. The van der Waals surface area contributed by atoms with Gasteiger partial charge in [0, 0.05) is 68.2 Å². The summed E-state index contributed by atoms with van der Waals surface area (Å²) in [5.41, 5.74) is 4.58. The van der Waals surface area contributed by atoms with Crippen molar-refractivity contribution in [1.29, 1.82) is 0 Å². The second-order valence-corrected chi connectivity index (χ2v) is 10.9. The maximum Gasteiger partial charge on any atom is 0.335 e. The first-order valence-corrected chi connectivity index (χ1v) is 13.8. The van der Waals surface area contributed by atoms with E-state index >= 15 is 4.39 Å². The highest BCUT2D eigenvalue weighted by Crippen LogP contribution is 2.46. The zero-order valence-corrected chi connectivity index (χ0v) is 21.7. The molecule has 3 aliphatic rings. The summed E-state index contributed by atoms with van der Waals surface area (Å²) in [7, 11) is 0. The van der Waals surface area contributed by atoms with Crippen LogP contribution in [0.25, 0.3) is 22.2 Å². The van der Waals surface area contributed by atoms with Crippen molar-refractivity contribution in [2.24, 2.45) is 0 Å². The fourth-order valence-corrected chi connectivity index (χ4v) is 6.58. The van der Waals surface area contributed by atoms with Crippen molar-refractivity contribution in [3.8, 4) is 11.3 Å². The fourth-order valence-electron chi connectivity index (χ4n) is 6.58. The monoisotopic (exact) mass is 523 g/mol. The van der Waals surface area contributed by atoms with Crippen LogP contribution in [0, 0.1) is 5.82 Å². The fraction of sp³-hybridized carbons (Fsp3) is 0.500. The maximum absolute atomic E-state index is 15.5. The average molecular weight is 524 g/mol. The summed E-state index contributed by atoms with van der Waals surface area (Å²) in [6.45, 7) is 7.23. The van der Waals surface area contributed by atoms with Gasteiger partial charge in [0.15, 0.2) is 0 Å². The minimum atomic E-state index is -0.991. The molecule has 8 heteroatoms. The number of fused-ring (bicyclic) bond motifs is 5. The van der Waals surface area contributed by atoms with Gasteiger partial charge in [0.25, 0.3) is 0 Å². The SMILES string of the molecule is O=C(O)c1ccc2c([C@H]3CCCC[C@@H]3F)c3n(c2c1)CCN(CCN1CCOCC1)Cc1ccc(F)cc1-3. The summed E-state index contributed by atoms with van der Waals surface area (Å²) < 4.78 is 37.9. The molecule has 2 atom stereocenters. The van der Waals surface area contributed by atoms with Crippen molar-refractivity contribution in [3.05, 3.63) is 58.9 Å². The Morgan fingerprint density at radius 2 is 1.76 bits per heavy atom. The third kappa shape index (κ3) is 4.85. The smallest absolute Gasteiger partial charge is 0.335 e. The second kappa shape index (κ2) is 10.8. The van der Waals surface area contributed by atoms with Gasteiger partial charge in [0.2, 0.25) is 0 Å². The summed E-state index contributed by atoms with van der Waals surface area (Å²) in [6, 6.07) is 10.1. The average Bonchev–Trinajstić information content (AvgIpc) is 3.23. The third-order valence-corrected chi connectivity index (χ3v) is 8.60. The van der Waals surface area contributed by atoms with Crippen LogP contribution in [-0.4, -0.2) is 77.6 Å². The van der Waals surface area contributed by atoms with E-state index in [2.05, 4.69) is 14.4 Å². The molecule has 6 nitrogen and oxygen atoms in total. The molecule has 1 aromatic heterocycles. The van der Waals surface area contributed by atoms with E-state index in [9.17, 15) is 14.3 Å². The van der Waals surface area contributed by atoms with Gasteiger partial charge in [0.05, 0.1) is 24.5 Å². The molecule has 6 rings (SSSR count). The predicted molar refractivity (Wildman–Crippen MR) is 143 cm³/mol. The van der Waals surface area contributed by atoms with E-state index in [0.29, 0.717) is 19.5 Å². The largest absolute Gasteiger partial charge is 0.478 e. The molecule has 1 N–H and O–H groups in total. The van der Waals surface area contributed by atoms with Crippen LogP contribution in [0.4, 0.5) is 8.78 Å². The molecule has 0 bridgehead atoms. The van der Waals surface area contributed by atoms with Crippen LogP contribution < -0.4 is 0 Å². The van der Waals surface area contributed by atoms with Crippen molar-refractivity contribution in [2.45, 2.75) is 50.9 Å². The topological polar surface area (TPSA) is 57.9 Å². The van der Waals surface area contributed by atoms with Crippen LogP contribution in [-0.2, 0) is 17.8 Å². The van der Waals surface area contributed by atoms with Gasteiger partial charge in [-0.25, -0.2) is 13.6 Å². The Hall–Kier alpha value is -2.81.